The van der Waals surface area contributed by atoms with Gasteiger partial charge >= 0.3 is 5.97 Å². The summed E-state index contributed by atoms with van der Waals surface area (Å²) in [5.74, 6) is -0.463. The van der Waals surface area contributed by atoms with Crippen LogP contribution in [0.5, 0.6) is 5.75 Å². The number of hydrogen-bond acceptors (Lipinski definition) is 5. The van der Waals surface area contributed by atoms with E-state index in [1.807, 2.05) is 0 Å². The van der Waals surface area contributed by atoms with E-state index in [9.17, 15) is 14.4 Å². The van der Waals surface area contributed by atoms with Crippen molar-refractivity contribution in [2.45, 2.75) is 6.54 Å². The van der Waals surface area contributed by atoms with Crippen molar-refractivity contribution in [2.24, 2.45) is 0 Å². The third kappa shape index (κ3) is 4.99. The van der Waals surface area contributed by atoms with Crippen LogP contribution < -0.4 is 15.6 Å². The summed E-state index contributed by atoms with van der Waals surface area (Å²) >= 11 is 0. The molecule has 0 fully saturated rings. The highest BCUT2D eigenvalue weighted by Gasteiger charge is 2.09. The van der Waals surface area contributed by atoms with Crippen LogP contribution in [0, 0.1) is 0 Å². The molecule has 0 saturated carbocycles. The number of methoxy groups -OCH3 is 1. The van der Waals surface area contributed by atoms with E-state index < -0.39 is 18.5 Å². The third-order valence-electron chi connectivity index (χ3n) is 2.94. The number of nitrogens with zero attached hydrogens (tertiary/aromatic N) is 1. The van der Waals surface area contributed by atoms with Crippen LogP contribution in [-0.2, 0) is 20.9 Å². The second-order valence-corrected chi connectivity index (χ2v) is 4.60. The zero-order chi connectivity index (χ0) is 16.7. The largest absolute Gasteiger partial charge is 0.497 e. The first kappa shape index (κ1) is 16.3. The monoisotopic (exact) mass is 316 g/mol. The van der Waals surface area contributed by atoms with Gasteiger partial charge in [0, 0.05) is 18.0 Å². The van der Waals surface area contributed by atoms with Crippen LogP contribution >= 0.6 is 0 Å². The molecule has 0 atom stereocenters. The highest BCUT2D eigenvalue weighted by molar-refractivity contribution is 5.92. The summed E-state index contributed by atoms with van der Waals surface area (Å²) in [5, 5.41) is 2.58. The Bertz CT molecular complexity index is 737. The first-order chi connectivity index (χ1) is 11.1. The lowest BCUT2D eigenvalue weighted by Crippen LogP contribution is -2.26. The Morgan fingerprint density at radius 2 is 1.87 bits per heavy atom. The molecule has 7 nitrogen and oxygen atoms in total. The fourth-order valence-corrected chi connectivity index (χ4v) is 1.79. The fourth-order valence-electron chi connectivity index (χ4n) is 1.79. The SMILES string of the molecule is COc1ccc(NC(=O)COC(=O)Cn2ccccc2=O)cc1. The lowest BCUT2D eigenvalue weighted by Gasteiger charge is -2.08. The van der Waals surface area contributed by atoms with Crippen molar-refractivity contribution in [3.05, 3.63) is 59.0 Å². The Labute approximate surface area is 132 Å². The van der Waals surface area contributed by atoms with Crippen LogP contribution in [0.15, 0.2) is 53.5 Å². The third-order valence-corrected chi connectivity index (χ3v) is 2.94. The van der Waals surface area contributed by atoms with Gasteiger partial charge in [0.15, 0.2) is 6.61 Å². The van der Waals surface area contributed by atoms with Crippen molar-refractivity contribution in [1.29, 1.82) is 0 Å². The molecule has 120 valence electrons. The second kappa shape index (κ2) is 7.79. The number of benzene rings is 1. The first-order valence-corrected chi connectivity index (χ1v) is 6.83. The summed E-state index contributed by atoms with van der Waals surface area (Å²) in [4.78, 5) is 34.8. The molecule has 0 spiro atoms. The van der Waals surface area contributed by atoms with E-state index in [1.54, 1.807) is 43.5 Å². The van der Waals surface area contributed by atoms with Crippen molar-refractivity contribution in [2.75, 3.05) is 19.0 Å². The Kier molecular flexibility index (Phi) is 5.51. The van der Waals surface area contributed by atoms with Gasteiger partial charge in [-0.05, 0) is 30.3 Å². The molecule has 0 aliphatic carbocycles. The average molecular weight is 316 g/mol. The minimum atomic E-state index is -0.664. The first-order valence-electron chi connectivity index (χ1n) is 6.83. The minimum Gasteiger partial charge on any atom is -0.497 e. The van der Waals surface area contributed by atoms with Crippen molar-refractivity contribution in [3.8, 4) is 5.75 Å². The van der Waals surface area contributed by atoms with Gasteiger partial charge in [0.05, 0.1) is 7.11 Å². The number of aromatic nitrogens is 1. The molecule has 1 aromatic heterocycles. The molecular weight excluding hydrogens is 300 g/mol. The number of pyridine rings is 1. The normalized spacial score (nSPS) is 9.96. The van der Waals surface area contributed by atoms with E-state index in [-0.39, 0.29) is 12.1 Å². The number of nitrogens with one attached hydrogen (secondary N) is 1. The smallest absolute Gasteiger partial charge is 0.326 e. The molecule has 1 amide bonds. The number of amides is 1. The van der Waals surface area contributed by atoms with Crippen LogP contribution in [0.25, 0.3) is 0 Å². The molecule has 23 heavy (non-hydrogen) atoms. The molecule has 2 aromatic rings. The fraction of sp³-hybridized carbons (Fsp3) is 0.188. The van der Waals surface area contributed by atoms with Crippen molar-refractivity contribution < 1.29 is 19.1 Å². The molecule has 0 saturated heterocycles. The van der Waals surface area contributed by atoms with Gasteiger partial charge < -0.3 is 19.4 Å². The van der Waals surface area contributed by atoms with Crippen molar-refractivity contribution in [1.82, 2.24) is 4.57 Å². The number of carbonyl (C=O) groups is 2. The molecule has 7 heteroatoms. The minimum absolute atomic E-state index is 0.241. The molecule has 0 bridgehead atoms. The summed E-state index contributed by atoms with van der Waals surface area (Å²) in [6, 6.07) is 11.3. The maximum absolute atomic E-state index is 11.7. The highest BCUT2D eigenvalue weighted by Crippen LogP contribution is 2.14. The summed E-state index contributed by atoms with van der Waals surface area (Å²) in [6.07, 6.45) is 1.47. The second-order valence-electron chi connectivity index (χ2n) is 4.60. The number of esters is 1. The van der Waals surface area contributed by atoms with Gasteiger partial charge in [-0.2, -0.15) is 0 Å². The average Bonchev–Trinajstić information content (AvgIpc) is 2.56. The number of carbonyl (C=O) groups excluding carboxylic acids is 2. The Morgan fingerprint density at radius 1 is 1.13 bits per heavy atom. The Hall–Kier alpha value is -3.09. The maximum atomic E-state index is 11.7. The molecule has 2 rings (SSSR count). The zero-order valence-electron chi connectivity index (χ0n) is 12.5. The van der Waals surface area contributed by atoms with Crippen molar-refractivity contribution >= 4 is 17.6 Å². The van der Waals surface area contributed by atoms with E-state index in [2.05, 4.69) is 5.32 Å². The topological polar surface area (TPSA) is 86.6 Å². The summed E-state index contributed by atoms with van der Waals surface area (Å²) < 4.78 is 11.1. The predicted molar refractivity (Wildman–Crippen MR) is 83.3 cm³/mol. The maximum Gasteiger partial charge on any atom is 0.326 e. The number of anilines is 1. The van der Waals surface area contributed by atoms with E-state index in [0.29, 0.717) is 11.4 Å². The molecule has 0 radical (unpaired) electrons. The molecule has 1 heterocycles. The number of ether oxygens (including phenoxy) is 2. The molecule has 0 aliphatic rings. The highest BCUT2D eigenvalue weighted by atomic mass is 16.5. The Morgan fingerprint density at radius 3 is 2.52 bits per heavy atom. The zero-order valence-corrected chi connectivity index (χ0v) is 12.5. The molecule has 1 N–H and O–H groups in total. The van der Waals surface area contributed by atoms with Gasteiger partial charge in [-0.15, -0.1) is 0 Å². The van der Waals surface area contributed by atoms with Gasteiger partial charge in [0.1, 0.15) is 12.3 Å². The van der Waals surface area contributed by atoms with Gasteiger partial charge in [0.2, 0.25) is 0 Å². The van der Waals surface area contributed by atoms with E-state index in [0.717, 1.165) is 0 Å². The van der Waals surface area contributed by atoms with Gasteiger partial charge in [0.25, 0.3) is 11.5 Å². The predicted octanol–water partition coefficient (Wildman–Crippen LogP) is 1.04. The van der Waals surface area contributed by atoms with Gasteiger partial charge in [-0.1, -0.05) is 6.07 Å². The molecular formula is C16H16N2O5. The number of hydrogen-bond donors (Lipinski definition) is 1. The quantitative estimate of drug-likeness (QED) is 0.805. The lowest BCUT2D eigenvalue weighted by atomic mass is 10.3. The van der Waals surface area contributed by atoms with Gasteiger partial charge in [-0.25, -0.2) is 0 Å². The van der Waals surface area contributed by atoms with E-state index in [4.69, 9.17) is 9.47 Å². The van der Waals surface area contributed by atoms with Crippen LogP contribution in [0.4, 0.5) is 5.69 Å². The van der Waals surface area contributed by atoms with Crippen molar-refractivity contribution in [3.63, 3.8) is 0 Å². The Balaban J connectivity index is 1.80. The van der Waals surface area contributed by atoms with Crippen LogP contribution in [0.3, 0.4) is 0 Å². The lowest BCUT2D eigenvalue weighted by molar-refractivity contribution is -0.147. The molecule has 1 aromatic carbocycles. The molecule has 0 aliphatic heterocycles. The summed E-state index contributed by atoms with van der Waals surface area (Å²) in [7, 11) is 1.55. The standard InChI is InChI=1S/C16H16N2O5/c1-22-13-7-5-12(6-8-13)17-14(19)11-23-16(21)10-18-9-3-2-4-15(18)20/h2-9H,10-11H2,1H3,(H,17,19). The van der Waals surface area contributed by atoms with Crippen LogP contribution in [0.2, 0.25) is 0 Å². The van der Waals surface area contributed by atoms with E-state index >= 15 is 0 Å². The van der Waals surface area contributed by atoms with Crippen LogP contribution in [0.1, 0.15) is 0 Å². The number of rotatable bonds is 6. The molecule has 0 unspecified atom stereocenters. The summed E-state index contributed by atoms with van der Waals surface area (Å²) in [5.41, 5.74) is 0.248. The van der Waals surface area contributed by atoms with Gasteiger partial charge in [-0.3, -0.25) is 14.4 Å². The summed E-state index contributed by atoms with van der Waals surface area (Å²) in [6.45, 7) is -0.665. The van der Waals surface area contributed by atoms with E-state index in [1.165, 1.54) is 16.8 Å². The van der Waals surface area contributed by atoms with Crippen LogP contribution in [-0.4, -0.2) is 30.2 Å².